The second-order valence-electron chi connectivity index (χ2n) is 13.9. The fraction of sp³-hybridized carbons (Fsp3) is 0.304. The third-order valence-electron chi connectivity index (χ3n) is 9.69. The first kappa shape index (κ1) is 43.0. The topological polar surface area (TPSA) is 152 Å². The highest BCUT2D eigenvalue weighted by atomic mass is 32.1. The van der Waals surface area contributed by atoms with Crippen LogP contribution >= 0.6 is 11.3 Å². The van der Waals surface area contributed by atoms with E-state index in [1.165, 1.54) is 23.6 Å². The fourth-order valence-electron chi connectivity index (χ4n) is 6.46. The lowest BCUT2D eigenvalue weighted by Crippen LogP contribution is -2.30. The van der Waals surface area contributed by atoms with Crippen LogP contribution in [-0.2, 0) is 23.9 Å². The van der Waals surface area contributed by atoms with Crippen molar-refractivity contribution in [2.45, 2.75) is 51.4 Å². The second kappa shape index (κ2) is 22.6. The molecule has 0 unspecified atom stereocenters. The van der Waals surface area contributed by atoms with Gasteiger partial charge in [-0.2, -0.15) is 5.10 Å². The van der Waals surface area contributed by atoms with E-state index in [1.807, 2.05) is 54.6 Å². The summed E-state index contributed by atoms with van der Waals surface area (Å²) in [6.45, 7) is 5.30. The summed E-state index contributed by atoms with van der Waals surface area (Å²) in [4.78, 5) is 53.6. The van der Waals surface area contributed by atoms with Gasteiger partial charge in [0, 0.05) is 11.6 Å². The number of thiazole rings is 1. The highest BCUT2D eigenvalue weighted by Crippen LogP contribution is 2.33. The Kier molecular flexibility index (Phi) is 16.2. The minimum absolute atomic E-state index is 0.240. The molecule has 0 bridgehead atoms. The van der Waals surface area contributed by atoms with E-state index in [0.29, 0.717) is 80.7 Å². The summed E-state index contributed by atoms with van der Waals surface area (Å²) >= 11 is 1.48. The number of esters is 3. The summed E-state index contributed by atoms with van der Waals surface area (Å²) < 4.78 is 34.4. The van der Waals surface area contributed by atoms with Crippen LogP contribution < -0.4 is 28.7 Å². The first-order valence-electron chi connectivity index (χ1n) is 19.9. The van der Waals surface area contributed by atoms with Crippen LogP contribution in [-0.4, -0.2) is 61.9 Å². The molecule has 0 radical (unpaired) electrons. The average molecular weight is 834 g/mol. The van der Waals surface area contributed by atoms with Crippen LogP contribution in [0.2, 0.25) is 0 Å². The largest absolute Gasteiger partial charge is 0.494 e. The molecule has 0 saturated heterocycles. The van der Waals surface area contributed by atoms with E-state index in [-0.39, 0.29) is 23.4 Å². The predicted molar refractivity (Wildman–Crippen MR) is 228 cm³/mol. The summed E-state index contributed by atoms with van der Waals surface area (Å²) in [5, 5.41) is 7.11. The quantitative estimate of drug-likeness (QED) is 0.0125. The van der Waals surface area contributed by atoms with Gasteiger partial charge in [-0.3, -0.25) is 14.4 Å². The van der Waals surface area contributed by atoms with Crippen molar-refractivity contribution in [1.82, 2.24) is 4.98 Å². The minimum atomic E-state index is -0.426. The number of anilines is 1. The summed E-state index contributed by atoms with van der Waals surface area (Å²) in [7, 11) is 0. The Morgan fingerprint density at radius 2 is 1.37 bits per heavy atom. The van der Waals surface area contributed by atoms with E-state index in [9.17, 15) is 19.2 Å². The number of aromatic nitrogens is 1. The molecule has 60 heavy (non-hydrogen) atoms. The molecule has 0 N–H and O–H groups in total. The van der Waals surface area contributed by atoms with Crippen molar-refractivity contribution in [2.75, 3.05) is 31.4 Å². The molecule has 6 rings (SSSR count). The molecule has 1 aromatic heterocycles. The minimum Gasteiger partial charge on any atom is -0.494 e. The summed E-state index contributed by atoms with van der Waals surface area (Å²) in [6.07, 6.45) is 8.06. The molecular weight excluding hydrogens is 787 g/mol. The van der Waals surface area contributed by atoms with Crippen molar-refractivity contribution in [3.05, 3.63) is 115 Å². The zero-order valence-electron chi connectivity index (χ0n) is 33.1. The number of unbranched alkanes of at least 4 members (excludes halogenated alkanes) is 3. The zero-order valence-corrected chi connectivity index (χ0v) is 34.0. The van der Waals surface area contributed by atoms with Gasteiger partial charge in [0.25, 0.3) is 6.47 Å². The molecule has 4 aromatic carbocycles. The Morgan fingerprint density at radius 1 is 0.733 bits per heavy atom. The van der Waals surface area contributed by atoms with Gasteiger partial charge in [-0.25, -0.2) is 14.8 Å². The molecule has 1 aliphatic carbocycles. The molecule has 1 saturated carbocycles. The van der Waals surface area contributed by atoms with Gasteiger partial charge >= 0.3 is 17.9 Å². The number of nitrogens with zero attached hydrogens (tertiary/aromatic N) is 3. The van der Waals surface area contributed by atoms with E-state index in [4.69, 9.17) is 38.5 Å². The van der Waals surface area contributed by atoms with Gasteiger partial charge in [-0.05, 0) is 118 Å². The fourth-order valence-corrected chi connectivity index (χ4v) is 7.41. The molecule has 312 valence electrons. The maximum Gasteiger partial charge on any atom is 0.330 e. The first-order valence-corrected chi connectivity index (χ1v) is 20.7. The first-order chi connectivity index (χ1) is 29.4. The molecule has 0 aliphatic heterocycles. The van der Waals surface area contributed by atoms with E-state index >= 15 is 0 Å². The van der Waals surface area contributed by atoms with Crippen LogP contribution in [0.4, 0.5) is 5.13 Å². The lowest BCUT2D eigenvalue weighted by Gasteiger charge is -2.26. The number of fused-ring (bicyclic) bond motifs is 1. The molecule has 0 amide bonds. The molecule has 14 heteroatoms. The maximum atomic E-state index is 13.5. The van der Waals surface area contributed by atoms with E-state index < -0.39 is 17.9 Å². The summed E-state index contributed by atoms with van der Waals surface area (Å²) in [5.74, 6) is 0.356. The third kappa shape index (κ3) is 13.0. The maximum absolute atomic E-state index is 13.5. The molecule has 13 nitrogen and oxygen atoms in total. The van der Waals surface area contributed by atoms with Crippen LogP contribution in [0.3, 0.4) is 0 Å². The molecule has 0 spiro atoms. The smallest absolute Gasteiger partial charge is 0.330 e. The van der Waals surface area contributed by atoms with Crippen molar-refractivity contribution >= 4 is 57.3 Å². The zero-order chi connectivity index (χ0) is 41.9. The van der Waals surface area contributed by atoms with Crippen LogP contribution in [0, 0.1) is 11.8 Å². The third-order valence-corrected chi connectivity index (χ3v) is 10.7. The highest BCUT2D eigenvalue weighted by Gasteiger charge is 2.32. The standard InChI is InChI=1S/C46H47N3O10S/c1-2-43(51)56-28-11-4-3-10-27-54-37-20-22-38(23-21-37)58-44(52)33-16-18-34(19-17-33)45(53)59-41-25-24-39(57-32-50)30-35(41)31-47-49(26-29-55-36-12-6-5-7-13-36)46-48-40-14-8-9-15-42(40)60-46/h2,5-9,12-15,20-25,30-34H,1,3-4,10-11,16-19,26-29H2/b47-31+. The van der Waals surface area contributed by atoms with E-state index in [0.717, 1.165) is 47.7 Å². The monoisotopic (exact) mass is 833 g/mol. The van der Waals surface area contributed by atoms with Crippen molar-refractivity contribution in [3.63, 3.8) is 0 Å². The van der Waals surface area contributed by atoms with Gasteiger partial charge in [0.05, 0.1) is 48.0 Å². The Morgan fingerprint density at radius 3 is 2.08 bits per heavy atom. The Labute approximate surface area is 352 Å². The Hall–Kier alpha value is -6.54. The van der Waals surface area contributed by atoms with E-state index in [1.54, 1.807) is 41.4 Å². The molecule has 1 aliphatic rings. The number of hydrogen-bond donors (Lipinski definition) is 0. The van der Waals surface area contributed by atoms with Crippen LogP contribution in [0.25, 0.3) is 10.2 Å². The van der Waals surface area contributed by atoms with Crippen molar-refractivity contribution in [1.29, 1.82) is 0 Å². The lowest BCUT2D eigenvalue weighted by atomic mass is 9.82. The number of ether oxygens (including phenoxy) is 6. The number of hydrazone groups is 1. The van der Waals surface area contributed by atoms with Gasteiger partial charge in [0.1, 0.15) is 35.4 Å². The number of carbonyl (C=O) groups is 4. The number of carbonyl (C=O) groups excluding carboxylic acids is 4. The van der Waals surface area contributed by atoms with Gasteiger partial charge in [0.2, 0.25) is 5.13 Å². The number of benzene rings is 4. The Bertz CT molecular complexity index is 2190. The predicted octanol–water partition coefficient (Wildman–Crippen LogP) is 8.74. The summed E-state index contributed by atoms with van der Waals surface area (Å²) in [6, 6.07) is 28.9. The second-order valence-corrected chi connectivity index (χ2v) is 14.9. The van der Waals surface area contributed by atoms with Crippen LogP contribution in [0.1, 0.15) is 56.9 Å². The molecule has 5 aromatic rings. The number of para-hydroxylation sites is 2. The van der Waals surface area contributed by atoms with Crippen LogP contribution in [0.15, 0.2) is 115 Å². The van der Waals surface area contributed by atoms with Gasteiger partial charge in [-0.15, -0.1) is 0 Å². The number of hydrogen-bond acceptors (Lipinski definition) is 14. The van der Waals surface area contributed by atoms with Crippen molar-refractivity contribution in [2.24, 2.45) is 16.9 Å². The molecule has 0 atom stereocenters. The number of rotatable bonds is 22. The van der Waals surface area contributed by atoms with Crippen LogP contribution in [0.5, 0.6) is 28.7 Å². The van der Waals surface area contributed by atoms with Crippen molar-refractivity contribution < 1.29 is 47.6 Å². The molecular formula is C46H47N3O10S. The SMILES string of the molecule is C=CC(=O)OCCCCCCOc1ccc(OC(=O)C2CCC(C(=O)Oc3ccc(OC=O)cc3/C=N/N(CCOc3ccccc3)c3nc4ccccc4s3)CC2)cc1. The van der Waals surface area contributed by atoms with Gasteiger partial charge < -0.3 is 28.4 Å². The normalized spacial score (nSPS) is 14.9. The van der Waals surface area contributed by atoms with Gasteiger partial charge in [-0.1, -0.05) is 48.2 Å². The summed E-state index contributed by atoms with van der Waals surface area (Å²) in [5.41, 5.74) is 1.25. The molecule has 1 fully saturated rings. The molecule has 1 heterocycles. The lowest BCUT2D eigenvalue weighted by molar-refractivity contribution is -0.145. The van der Waals surface area contributed by atoms with Gasteiger partial charge in [0.15, 0.2) is 0 Å². The van der Waals surface area contributed by atoms with E-state index in [2.05, 4.69) is 6.58 Å². The highest BCUT2D eigenvalue weighted by molar-refractivity contribution is 7.22. The Balaban J connectivity index is 1.00. The van der Waals surface area contributed by atoms with Crippen molar-refractivity contribution in [3.8, 4) is 28.7 Å². The average Bonchev–Trinajstić information content (AvgIpc) is 3.72.